The van der Waals surface area contributed by atoms with E-state index in [9.17, 15) is 13.2 Å². The van der Waals surface area contributed by atoms with E-state index in [1.165, 1.54) is 12.1 Å². The zero-order chi connectivity index (χ0) is 23.4. The second kappa shape index (κ2) is 9.22. The summed E-state index contributed by atoms with van der Waals surface area (Å²) in [4.78, 5) is 20.9. The molecule has 0 aliphatic carbocycles. The van der Waals surface area contributed by atoms with Gasteiger partial charge in [0.1, 0.15) is 11.6 Å². The lowest BCUT2D eigenvalue weighted by atomic mass is 10.0. The van der Waals surface area contributed by atoms with Crippen LogP contribution in [0.15, 0.2) is 89.8 Å². The Morgan fingerprint density at radius 3 is 2.06 bits per heavy atom. The van der Waals surface area contributed by atoms with Gasteiger partial charge in [0, 0.05) is 23.0 Å². The smallest absolute Gasteiger partial charge is 0.263 e. The lowest BCUT2D eigenvalue weighted by Crippen LogP contribution is -2.15. The van der Waals surface area contributed by atoms with E-state index in [0.29, 0.717) is 22.8 Å². The highest BCUT2D eigenvalue weighted by Gasteiger charge is 2.16. The van der Waals surface area contributed by atoms with Crippen molar-refractivity contribution in [2.75, 3.05) is 10.0 Å². The summed E-state index contributed by atoms with van der Waals surface area (Å²) < 4.78 is 27.8. The van der Waals surface area contributed by atoms with E-state index in [2.05, 4.69) is 20.0 Å². The number of nitrogens with zero attached hydrogens (tertiary/aromatic N) is 2. The lowest BCUT2D eigenvalue weighted by molar-refractivity contribution is 0.102. The number of carbonyl (C=O) groups excluding carboxylic acids is 1. The van der Waals surface area contributed by atoms with Gasteiger partial charge in [0.05, 0.1) is 4.90 Å². The molecule has 3 aromatic carbocycles. The van der Waals surface area contributed by atoms with Gasteiger partial charge in [0.2, 0.25) is 0 Å². The predicted octanol–water partition coefficient (Wildman–Crippen LogP) is 4.81. The molecular weight excluding hydrogens is 436 g/mol. The van der Waals surface area contributed by atoms with E-state index in [0.717, 1.165) is 11.1 Å². The van der Waals surface area contributed by atoms with Crippen molar-refractivity contribution >= 4 is 27.4 Å². The van der Waals surface area contributed by atoms with Gasteiger partial charge in [-0.3, -0.25) is 9.52 Å². The maximum atomic E-state index is 12.7. The summed E-state index contributed by atoms with van der Waals surface area (Å²) in [7, 11) is -3.83. The van der Waals surface area contributed by atoms with Gasteiger partial charge in [-0.25, -0.2) is 18.4 Å². The predicted molar refractivity (Wildman–Crippen MR) is 129 cm³/mol. The molecule has 0 spiro atoms. The van der Waals surface area contributed by atoms with Gasteiger partial charge < -0.3 is 5.32 Å². The molecule has 8 heteroatoms. The minimum Gasteiger partial charge on any atom is -0.322 e. The summed E-state index contributed by atoms with van der Waals surface area (Å²) in [6, 6.07) is 24.7. The minimum atomic E-state index is -3.83. The Hall–Kier alpha value is -4.04. The number of hydrogen-bond donors (Lipinski definition) is 2. The Kier molecular flexibility index (Phi) is 6.19. The molecule has 7 nitrogen and oxygen atoms in total. The number of carbonyl (C=O) groups is 1. The topological polar surface area (TPSA) is 101 Å². The Morgan fingerprint density at radius 2 is 1.42 bits per heavy atom. The summed E-state index contributed by atoms with van der Waals surface area (Å²) in [5.74, 6) is 0.397. The van der Waals surface area contributed by atoms with Gasteiger partial charge in [0.15, 0.2) is 0 Å². The molecule has 1 amide bonds. The lowest BCUT2D eigenvalue weighted by Gasteiger charge is -2.10. The first-order valence-corrected chi connectivity index (χ1v) is 11.7. The molecule has 4 rings (SSSR count). The minimum absolute atomic E-state index is 0.0571. The Bertz CT molecular complexity index is 1370. The van der Waals surface area contributed by atoms with Crippen LogP contribution < -0.4 is 10.0 Å². The maximum absolute atomic E-state index is 12.7. The second-order valence-electron chi connectivity index (χ2n) is 7.47. The van der Waals surface area contributed by atoms with Gasteiger partial charge in [-0.15, -0.1) is 0 Å². The Labute approximate surface area is 192 Å². The van der Waals surface area contributed by atoms with E-state index in [4.69, 9.17) is 0 Å². The Morgan fingerprint density at radius 1 is 0.788 bits per heavy atom. The molecule has 0 radical (unpaired) electrons. The normalized spacial score (nSPS) is 11.1. The molecule has 2 N–H and O–H groups in total. The molecule has 0 fully saturated rings. The zero-order valence-corrected chi connectivity index (χ0v) is 18.9. The van der Waals surface area contributed by atoms with Crippen LogP contribution in [0.25, 0.3) is 11.1 Å². The van der Waals surface area contributed by atoms with Crippen LogP contribution in [0, 0.1) is 13.8 Å². The fourth-order valence-electron chi connectivity index (χ4n) is 3.33. The van der Waals surface area contributed by atoms with Crippen LogP contribution in [0.3, 0.4) is 0 Å². The van der Waals surface area contributed by atoms with Crippen LogP contribution >= 0.6 is 0 Å². The van der Waals surface area contributed by atoms with E-state index >= 15 is 0 Å². The van der Waals surface area contributed by atoms with Gasteiger partial charge in [-0.05, 0) is 61.4 Å². The van der Waals surface area contributed by atoms with Crippen LogP contribution in [0.5, 0.6) is 0 Å². The fraction of sp³-hybridized carbons (Fsp3) is 0.0800. The third-order valence-electron chi connectivity index (χ3n) is 4.88. The standard InChI is InChI=1S/C25H22N4O3S/c1-17-16-24(27-18(2)26-17)29-33(31,32)23-14-12-22(13-15-23)28-25(30)21-10-8-20(9-11-21)19-6-4-3-5-7-19/h3-16H,1-2H3,(H,28,30)(H,26,27,29). The molecule has 1 aromatic heterocycles. The maximum Gasteiger partial charge on any atom is 0.263 e. The number of aryl methyl sites for hydroxylation is 2. The molecule has 0 saturated carbocycles. The molecule has 4 aromatic rings. The van der Waals surface area contributed by atoms with E-state index < -0.39 is 10.0 Å². The molecule has 1 heterocycles. The van der Waals surface area contributed by atoms with Crippen LogP contribution in [0.2, 0.25) is 0 Å². The molecular formula is C25H22N4O3S. The quantitative estimate of drug-likeness (QED) is 0.432. The molecule has 0 aliphatic heterocycles. The van der Waals surface area contributed by atoms with Crippen molar-refractivity contribution in [2.45, 2.75) is 18.7 Å². The molecule has 166 valence electrons. The highest BCUT2D eigenvalue weighted by molar-refractivity contribution is 7.92. The second-order valence-corrected chi connectivity index (χ2v) is 9.15. The van der Waals surface area contributed by atoms with Crippen molar-refractivity contribution in [3.8, 4) is 11.1 Å². The SMILES string of the molecule is Cc1cc(NS(=O)(=O)c2ccc(NC(=O)c3ccc(-c4ccccc4)cc3)cc2)nc(C)n1. The van der Waals surface area contributed by atoms with Crippen molar-refractivity contribution in [3.05, 3.63) is 102 Å². The first-order valence-electron chi connectivity index (χ1n) is 10.2. The average Bonchev–Trinajstić information content (AvgIpc) is 2.79. The summed E-state index contributed by atoms with van der Waals surface area (Å²) in [5.41, 5.74) is 3.74. The van der Waals surface area contributed by atoms with E-state index in [1.54, 1.807) is 44.2 Å². The van der Waals surface area contributed by atoms with Crippen LogP contribution in [-0.4, -0.2) is 24.3 Å². The monoisotopic (exact) mass is 458 g/mol. The Balaban J connectivity index is 1.44. The third kappa shape index (κ3) is 5.42. The number of nitrogens with one attached hydrogen (secondary N) is 2. The molecule has 33 heavy (non-hydrogen) atoms. The third-order valence-corrected chi connectivity index (χ3v) is 6.25. The number of benzene rings is 3. The number of amides is 1. The molecule has 0 aliphatic rings. The summed E-state index contributed by atoms with van der Waals surface area (Å²) >= 11 is 0. The summed E-state index contributed by atoms with van der Waals surface area (Å²) in [6.45, 7) is 3.46. The summed E-state index contributed by atoms with van der Waals surface area (Å²) in [6.07, 6.45) is 0. The number of hydrogen-bond acceptors (Lipinski definition) is 5. The van der Waals surface area contributed by atoms with Gasteiger partial charge >= 0.3 is 0 Å². The number of rotatable bonds is 6. The average molecular weight is 459 g/mol. The van der Waals surface area contributed by atoms with Crippen LogP contribution in [0.4, 0.5) is 11.5 Å². The van der Waals surface area contributed by atoms with Crippen molar-refractivity contribution in [3.63, 3.8) is 0 Å². The highest BCUT2D eigenvalue weighted by atomic mass is 32.2. The van der Waals surface area contributed by atoms with Crippen molar-refractivity contribution in [1.29, 1.82) is 0 Å². The zero-order valence-electron chi connectivity index (χ0n) is 18.1. The molecule has 0 atom stereocenters. The van der Waals surface area contributed by atoms with Crippen molar-refractivity contribution in [2.24, 2.45) is 0 Å². The fourth-order valence-corrected chi connectivity index (χ4v) is 4.32. The number of sulfonamides is 1. The van der Waals surface area contributed by atoms with E-state index in [-0.39, 0.29) is 16.6 Å². The molecule has 0 unspecified atom stereocenters. The first-order chi connectivity index (χ1) is 15.8. The van der Waals surface area contributed by atoms with Crippen LogP contribution in [-0.2, 0) is 10.0 Å². The molecule has 0 bridgehead atoms. The van der Waals surface area contributed by atoms with Gasteiger partial charge in [0.25, 0.3) is 15.9 Å². The largest absolute Gasteiger partial charge is 0.322 e. The number of aromatic nitrogens is 2. The van der Waals surface area contributed by atoms with Gasteiger partial charge in [-0.1, -0.05) is 42.5 Å². The number of anilines is 2. The molecule has 0 saturated heterocycles. The first kappa shape index (κ1) is 22.2. The van der Waals surface area contributed by atoms with Gasteiger partial charge in [-0.2, -0.15) is 0 Å². The van der Waals surface area contributed by atoms with Crippen molar-refractivity contribution < 1.29 is 13.2 Å². The summed E-state index contributed by atoms with van der Waals surface area (Å²) in [5, 5.41) is 2.79. The highest BCUT2D eigenvalue weighted by Crippen LogP contribution is 2.21. The van der Waals surface area contributed by atoms with Crippen molar-refractivity contribution in [1.82, 2.24) is 9.97 Å². The van der Waals surface area contributed by atoms with Crippen LogP contribution in [0.1, 0.15) is 21.9 Å². The van der Waals surface area contributed by atoms with E-state index in [1.807, 2.05) is 42.5 Å².